The highest BCUT2D eigenvalue weighted by Crippen LogP contribution is 2.31. The van der Waals surface area contributed by atoms with Gasteiger partial charge in [-0.05, 0) is 36.8 Å². The molecule has 0 spiro atoms. The Morgan fingerprint density at radius 3 is 2.52 bits per heavy atom. The maximum atomic E-state index is 12.7. The van der Waals surface area contributed by atoms with E-state index < -0.39 is 17.8 Å². The molecule has 0 fully saturated rings. The number of rotatable bonds is 6. The first-order valence-corrected chi connectivity index (χ1v) is 8.69. The van der Waals surface area contributed by atoms with E-state index in [1.807, 2.05) is 0 Å². The van der Waals surface area contributed by atoms with Crippen molar-refractivity contribution in [1.29, 1.82) is 0 Å². The summed E-state index contributed by atoms with van der Waals surface area (Å²) in [6.45, 7) is 2.73. The molecule has 7 heteroatoms. The molecule has 0 bridgehead atoms. The molecular formula is C20H21N3O4. The van der Waals surface area contributed by atoms with E-state index in [1.165, 1.54) is 0 Å². The molecule has 0 aliphatic heterocycles. The Morgan fingerprint density at radius 2 is 1.85 bits per heavy atom. The molecule has 3 rings (SSSR count). The van der Waals surface area contributed by atoms with Crippen LogP contribution in [-0.2, 0) is 0 Å². The molecule has 0 aliphatic rings. The summed E-state index contributed by atoms with van der Waals surface area (Å²) in [6, 6.07) is 12.7. The van der Waals surface area contributed by atoms with Crippen molar-refractivity contribution < 1.29 is 19.4 Å². The van der Waals surface area contributed by atoms with Gasteiger partial charge in [0, 0.05) is 11.1 Å². The fourth-order valence-corrected chi connectivity index (χ4v) is 2.84. The fourth-order valence-electron chi connectivity index (χ4n) is 2.84. The maximum Gasteiger partial charge on any atom is 0.326 e. The lowest BCUT2D eigenvalue weighted by atomic mass is 10.1. The van der Waals surface area contributed by atoms with Gasteiger partial charge in [-0.2, -0.15) is 0 Å². The van der Waals surface area contributed by atoms with Crippen molar-refractivity contribution >= 4 is 28.5 Å². The lowest BCUT2D eigenvalue weighted by Gasteiger charge is -2.08. The Bertz CT molecular complexity index is 977. The summed E-state index contributed by atoms with van der Waals surface area (Å²) in [4.78, 5) is 24.4. The van der Waals surface area contributed by atoms with E-state index in [0.29, 0.717) is 23.2 Å². The van der Waals surface area contributed by atoms with Crippen molar-refractivity contribution in [3.63, 3.8) is 0 Å². The van der Waals surface area contributed by atoms with Crippen LogP contribution >= 0.6 is 0 Å². The Labute approximate surface area is 156 Å². The molecule has 2 aromatic carbocycles. The van der Waals surface area contributed by atoms with E-state index in [1.54, 1.807) is 48.5 Å². The molecule has 3 aromatic rings. The Hall–Kier alpha value is -3.48. The number of anilines is 1. The molecule has 0 radical (unpaired) electrons. The number of nitrogens with one attached hydrogen (secondary N) is 1. The predicted molar refractivity (Wildman–Crippen MR) is 103 cm³/mol. The SMILES string of the molecule is CCCCOc1ccc(NC(=O)c2c(O)n(C(N)=O)c3ccccc23)cc1. The summed E-state index contributed by atoms with van der Waals surface area (Å²) in [5.41, 5.74) is 6.23. The largest absolute Gasteiger partial charge is 0.494 e. The molecule has 0 aliphatic carbocycles. The molecule has 4 N–H and O–H groups in total. The predicted octanol–water partition coefficient (Wildman–Crippen LogP) is 3.70. The second-order valence-electron chi connectivity index (χ2n) is 6.07. The number of carbonyl (C=O) groups is 2. The van der Waals surface area contributed by atoms with Crippen LogP contribution in [0.25, 0.3) is 10.9 Å². The minimum atomic E-state index is -0.865. The number of hydrogen-bond acceptors (Lipinski definition) is 4. The number of carbonyl (C=O) groups excluding carboxylic acids is 2. The van der Waals surface area contributed by atoms with Crippen molar-refractivity contribution in [3.8, 4) is 11.6 Å². The Balaban J connectivity index is 1.85. The molecule has 7 nitrogen and oxygen atoms in total. The molecule has 1 heterocycles. The van der Waals surface area contributed by atoms with Crippen LogP contribution in [0.3, 0.4) is 0 Å². The molecule has 27 heavy (non-hydrogen) atoms. The molecule has 0 unspecified atom stereocenters. The van der Waals surface area contributed by atoms with Gasteiger partial charge in [0.15, 0.2) is 0 Å². The van der Waals surface area contributed by atoms with E-state index in [0.717, 1.165) is 23.2 Å². The van der Waals surface area contributed by atoms with Gasteiger partial charge in [0.05, 0.1) is 12.1 Å². The van der Waals surface area contributed by atoms with Crippen LogP contribution in [0.4, 0.5) is 10.5 Å². The number of para-hydroxylation sites is 1. The summed E-state index contributed by atoms with van der Waals surface area (Å²) in [5, 5.41) is 13.5. The highest BCUT2D eigenvalue weighted by atomic mass is 16.5. The number of aromatic hydroxyl groups is 1. The fraction of sp³-hybridized carbons (Fsp3) is 0.200. The van der Waals surface area contributed by atoms with Crippen LogP contribution in [0.2, 0.25) is 0 Å². The molecule has 2 amide bonds. The zero-order valence-electron chi connectivity index (χ0n) is 14.9. The van der Waals surface area contributed by atoms with Gasteiger partial charge in [0.25, 0.3) is 5.91 Å². The zero-order chi connectivity index (χ0) is 19.4. The van der Waals surface area contributed by atoms with Crippen LogP contribution in [0.1, 0.15) is 30.1 Å². The van der Waals surface area contributed by atoms with E-state index in [4.69, 9.17) is 10.5 Å². The molecule has 0 saturated carbocycles. The summed E-state index contributed by atoms with van der Waals surface area (Å²) in [6.07, 6.45) is 2.03. The van der Waals surface area contributed by atoms with E-state index in [2.05, 4.69) is 12.2 Å². The quantitative estimate of drug-likeness (QED) is 0.577. The number of ether oxygens (including phenoxy) is 1. The second kappa shape index (κ2) is 7.82. The van der Waals surface area contributed by atoms with Gasteiger partial charge in [0.2, 0.25) is 5.88 Å². The van der Waals surface area contributed by atoms with Gasteiger partial charge in [-0.15, -0.1) is 0 Å². The van der Waals surface area contributed by atoms with Crippen molar-refractivity contribution in [2.45, 2.75) is 19.8 Å². The van der Waals surface area contributed by atoms with Crippen LogP contribution < -0.4 is 15.8 Å². The lowest BCUT2D eigenvalue weighted by Crippen LogP contribution is -2.19. The number of fused-ring (bicyclic) bond motifs is 1. The molecule has 0 saturated heterocycles. The summed E-state index contributed by atoms with van der Waals surface area (Å²) < 4.78 is 6.50. The smallest absolute Gasteiger partial charge is 0.326 e. The van der Waals surface area contributed by atoms with Gasteiger partial charge >= 0.3 is 6.03 Å². The van der Waals surface area contributed by atoms with Gasteiger partial charge in [0.1, 0.15) is 11.3 Å². The number of nitrogens with zero attached hydrogens (tertiary/aromatic N) is 1. The van der Waals surface area contributed by atoms with Crippen LogP contribution in [-0.4, -0.2) is 28.2 Å². The van der Waals surface area contributed by atoms with Crippen LogP contribution in [0.5, 0.6) is 11.6 Å². The number of nitrogens with two attached hydrogens (primary N) is 1. The minimum Gasteiger partial charge on any atom is -0.494 e. The van der Waals surface area contributed by atoms with E-state index in [-0.39, 0.29) is 5.56 Å². The first kappa shape index (κ1) is 18.3. The normalized spacial score (nSPS) is 10.7. The highest BCUT2D eigenvalue weighted by Gasteiger charge is 2.24. The highest BCUT2D eigenvalue weighted by molar-refractivity contribution is 6.16. The summed E-state index contributed by atoms with van der Waals surface area (Å²) in [7, 11) is 0. The van der Waals surface area contributed by atoms with Gasteiger partial charge in [-0.1, -0.05) is 31.5 Å². The average Bonchev–Trinajstić information content (AvgIpc) is 2.95. The lowest BCUT2D eigenvalue weighted by molar-refractivity contribution is 0.102. The minimum absolute atomic E-state index is 0.00678. The number of benzene rings is 2. The zero-order valence-corrected chi connectivity index (χ0v) is 14.9. The van der Waals surface area contributed by atoms with Gasteiger partial charge in [-0.25, -0.2) is 9.36 Å². The third-order valence-corrected chi connectivity index (χ3v) is 4.18. The second-order valence-corrected chi connectivity index (χ2v) is 6.07. The van der Waals surface area contributed by atoms with Crippen molar-refractivity contribution in [3.05, 3.63) is 54.1 Å². The average molecular weight is 367 g/mol. The van der Waals surface area contributed by atoms with E-state index >= 15 is 0 Å². The van der Waals surface area contributed by atoms with Crippen molar-refractivity contribution in [1.82, 2.24) is 4.57 Å². The van der Waals surface area contributed by atoms with Gasteiger partial charge in [-0.3, -0.25) is 4.79 Å². The molecule has 140 valence electrons. The number of amides is 2. The van der Waals surface area contributed by atoms with E-state index in [9.17, 15) is 14.7 Å². The Morgan fingerprint density at radius 1 is 1.15 bits per heavy atom. The van der Waals surface area contributed by atoms with Crippen LogP contribution in [0, 0.1) is 0 Å². The maximum absolute atomic E-state index is 12.7. The summed E-state index contributed by atoms with van der Waals surface area (Å²) >= 11 is 0. The number of primary amides is 1. The number of unbranched alkanes of at least 4 members (excludes halogenated alkanes) is 1. The third kappa shape index (κ3) is 3.72. The number of aromatic nitrogens is 1. The molecule has 1 aromatic heterocycles. The first-order chi connectivity index (χ1) is 13.0. The molecular weight excluding hydrogens is 346 g/mol. The monoisotopic (exact) mass is 367 g/mol. The summed E-state index contributed by atoms with van der Waals surface area (Å²) in [5.74, 6) is -0.307. The van der Waals surface area contributed by atoms with Crippen molar-refractivity contribution in [2.24, 2.45) is 5.73 Å². The first-order valence-electron chi connectivity index (χ1n) is 8.69. The Kier molecular flexibility index (Phi) is 5.30. The number of hydrogen-bond donors (Lipinski definition) is 3. The molecule has 0 atom stereocenters. The van der Waals surface area contributed by atoms with Gasteiger partial charge < -0.3 is 20.9 Å². The third-order valence-electron chi connectivity index (χ3n) is 4.18. The topological polar surface area (TPSA) is 107 Å². The standard InChI is InChI=1S/C20H21N3O4/c1-2-3-12-27-14-10-8-13(9-11-14)22-18(24)17-15-6-4-5-7-16(15)23(19(17)25)20(21)26/h4-11,25H,2-3,12H2,1H3,(H2,21,26)(H,22,24). The van der Waals surface area contributed by atoms with Crippen LogP contribution in [0.15, 0.2) is 48.5 Å². The van der Waals surface area contributed by atoms with Crippen molar-refractivity contribution in [2.75, 3.05) is 11.9 Å².